The fourth-order valence-electron chi connectivity index (χ4n) is 1.81. The van der Waals surface area contributed by atoms with Crippen molar-refractivity contribution >= 4 is 83.7 Å². The average molecular weight is 529 g/mol. The van der Waals surface area contributed by atoms with Crippen molar-refractivity contribution in [3.05, 3.63) is 31.6 Å². The molecule has 1 amide bonds. The molecule has 0 aliphatic carbocycles. The van der Waals surface area contributed by atoms with Crippen molar-refractivity contribution in [3.8, 4) is 0 Å². The minimum Gasteiger partial charge on any atom is -0.397 e. The summed E-state index contributed by atoms with van der Waals surface area (Å²) in [5, 5.41) is 9.17. The SMILES string of the molecule is CCC(=O)Nc1cc(Br)nc(Cl)c1NC.CNc1c(N)cc(Br)nc1Cl. The Bertz CT molecular complexity index is 768. The van der Waals surface area contributed by atoms with Gasteiger partial charge in [0.05, 0.1) is 22.7 Å². The number of nitrogens with two attached hydrogens (primary N) is 1. The lowest BCUT2D eigenvalue weighted by atomic mass is 10.3. The molecule has 142 valence electrons. The zero-order valence-electron chi connectivity index (χ0n) is 14.3. The molecule has 26 heavy (non-hydrogen) atoms. The van der Waals surface area contributed by atoms with E-state index < -0.39 is 0 Å². The van der Waals surface area contributed by atoms with Crippen molar-refractivity contribution in [2.75, 3.05) is 35.8 Å². The molecule has 0 fully saturated rings. The van der Waals surface area contributed by atoms with Crippen LogP contribution in [0.25, 0.3) is 0 Å². The molecule has 2 rings (SSSR count). The molecule has 2 heterocycles. The average Bonchev–Trinajstić information content (AvgIpc) is 2.54. The zero-order chi connectivity index (χ0) is 19.9. The number of carbonyl (C=O) groups excluding carboxylic acids is 1. The molecule has 0 unspecified atom stereocenters. The molecule has 0 spiro atoms. The van der Waals surface area contributed by atoms with Crippen LogP contribution in [-0.4, -0.2) is 30.0 Å². The van der Waals surface area contributed by atoms with Crippen LogP contribution in [0, 0.1) is 0 Å². The third-order valence-corrected chi connectivity index (χ3v) is 4.37. The maximum Gasteiger partial charge on any atom is 0.224 e. The highest BCUT2D eigenvalue weighted by Gasteiger charge is 2.10. The molecule has 0 aliphatic rings. The second kappa shape index (κ2) is 10.8. The molecule has 0 bridgehead atoms. The molecular formula is C15H18Br2Cl2N6O. The molecular weight excluding hydrogens is 511 g/mol. The van der Waals surface area contributed by atoms with Crippen molar-refractivity contribution in [1.29, 1.82) is 0 Å². The maximum absolute atomic E-state index is 11.3. The number of pyridine rings is 2. The second-order valence-electron chi connectivity index (χ2n) is 4.76. The number of rotatable bonds is 4. The van der Waals surface area contributed by atoms with Crippen LogP contribution in [0.1, 0.15) is 13.3 Å². The Balaban J connectivity index is 0.000000273. The van der Waals surface area contributed by atoms with Gasteiger partial charge >= 0.3 is 0 Å². The van der Waals surface area contributed by atoms with Gasteiger partial charge in [0.15, 0.2) is 10.3 Å². The lowest BCUT2D eigenvalue weighted by Crippen LogP contribution is -2.11. The highest BCUT2D eigenvalue weighted by molar-refractivity contribution is 9.10. The van der Waals surface area contributed by atoms with Crippen LogP contribution in [0.5, 0.6) is 0 Å². The number of anilines is 4. The molecule has 5 N–H and O–H groups in total. The number of amides is 1. The number of carbonyl (C=O) groups is 1. The second-order valence-corrected chi connectivity index (χ2v) is 7.10. The standard InChI is InChI=1S/C9H11BrClN3O.C6H7BrClN3/c1-3-7(15)13-5-4-6(10)14-9(11)8(5)12-2;1-10-5-3(9)2-4(7)11-6(5)8/h4,12H,3H2,1-2H3,(H,13,14,15);2,10H,1H3,(H2,9,11). The Kier molecular flexibility index (Phi) is 9.42. The Morgan fingerprint density at radius 1 is 1.08 bits per heavy atom. The molecule has 2 aromatic heterocycles. The lowest BCUT2D eigenvalue weighted by Gasteiger charge is -2.11. The summed E-state index contributed by atoms with van der Waals surface area (Å²) in [5.41, 5.74) is 8.09. The fourth-order valence-corrected chi connectivity index (χ4v) is 3.42. The number of aromatic nitrogens is 2. The van der Waals surface area contributed by atoms with Gasteiger partial charge in [-0.25, -0.2) is 9.97 Å². The highest BCUT2D eigenvalue weighted by atomic mass is 79.9. The van der Waals surface area contributed by atoms with E-state index in [9.17, 15) is 4.79 Å². The maximum atomic E-state index is 11.3. The Labute approximate surface area is 178 Å². The van der Waals surface area contributed by atoms with Gasteiger partial charge in [-0.2, -0.15) is 0 Å². The summed E-state index contributed by atoms with van der Waals surface area (Å²) < 4.78 is 1.22. The van der Waals surface area contributed by atoms with Gasteiger partial charge in [0, 0.05) is 20.5 Å². The number of hydrogen-bond donors (Lipinski definition) is 4. The van der Waals surface area contributed by atoms with Gasteiger partial charge in [0.2, 0.25) is 5.91 Å². The van der Waals surface area contributed by atoms with Crippen LogP contribution < -0.4 is 21.7 Å². The van der Waals surface area contributed by atoms with E-state index in [1.165, 1.54) is 0 Å². The Morgan fingerprint density at radius 2 is 1.58 bits per heavy atom. The Morgan fingerprint density at radius 3 is 2.04 bits per heavy atom. The van der Waals surface area contributed by atoms with Crippen LogP contribution in [0.3, 0.4) is 0 Å². The smallest absolute Gasteiger partial charge is 0.224 e. The van der Waals surface area contributed by atoms with Crippen LogP contribution in [0.15, 0.2) is 21.3 Å². The highest BCUT2D eigenvalue weighted by Crippen LogP contribution is 2.31. The number of nitrogen functional groups attached to an aromatic ring is 1. The van der Waals surface area contributed by atoms with Crippen LogP contribution in [0.2, 0.25) is 10.3 Å². The molecule has 0 atom stereocenters. The van der Waals surface area contributed by atoms with Gasteiger partial charge in [-0.3, -0.25) is 4.79 Å². The van der Waals surface area contributed by atoms with Gasteiger partial charge in [-0.1, -0.05) is 30.1 Å². The monoisotopic (exact) mass is 526 g/mol. The molecule has 7 nitrogen and oxygen atoms in total. The molecule has 0 saturated carbocycles. The van der Waals surface area contributed by atoms with Gasteiger partial charge < -0.3 is 21.7 Å². The summed E-state index contributed by atoms with van der Waals surface area (Å²) in [6.07, 6.45) is 0.417. The summed E-state index contributed by atoms with van der Waals surface area (Å²) >= 11 is 18.0. The predicted octanol–water partition coefficient (Wildman–Crippen LogP) is 5.01. The molecule has 11 heteroatoms. The molecule has 0 saturated heterocycles. The van der Waals surface area contributed by atoms with Gasteiger partial charge in [0.1, 0.15) is 9.21 Å². The van der Waals surface area contributed by atoms with E-state index in [0.29, 0.717) is 48.7 Å². The van der Waals surface area contributed by atoms with Crippen molar-refractivity contribution in [2.24, 2.45) is 0 Å². The van der Waals surface area contributed by atoms with E-state index in [4.69, 9.17) is 28.9 Å². The fraction of sp³-hybridized carbons (Fsp3) is 0.267. The topological polar surface area (TPSA) is 105 Å². The van der Waals surface area contributed by atoms with E-state index in [1.54, 1.807) is 33.2 Å². The van der Waals surface area contributed by atoms with Crippen LogP contribution in [-0.2, 0) is 4.79 Å². The molecule has 0 radical (unpaired) electrons. The lowest BCUT2D eigenvalue weighted by molar-refractivity contribution is -0.115. The summed E-state index contributed by atoms with van der Waals surface area (Å²) in [6, 6.07) is 3.39. The largest absolute Gasteiger partial charge is 0.397 e. The van der Waals surface area contributed by atoms with E-state index in [-0.39, 0.29) is 5.91 Å². The zero-order valence-corrected chi connectivity index (χ0v) is 18.9. The van der Waals surface area contributed by atoms with Gasteiger partial charge in [0.25, 0.3) is 0 Å². The first kappa shape index (κ1) is 22.8. The van der Waals surface area contributed by atoms with E-state index in [2.05, 4.69) is 57.8 Å². The first-order valence-corrected chi connectivity index (χ1v) is 9.70. The number of hydrogen-bond acceptors (Lipinski definition) is 6. The van der Waals surface area contributed by atoms with Crippen molar-refractivity contribution in [2.45, 2.75) is 13.3 Å². The molecule has 2 aromatic rings. The third kappa shape index (κ3) is 6.46. The van der Waals surface area contributed by atoms with Crippen molar-refractivity contribution in [3.63, 3.8) is 0 Å². The summed E-state index contributed by atoms with van der Waals surface area (Å²) in [4.78, 5) is 19.2. The number of halogens is 4. The number of nitrogens with zero attached hydrogens (tertiary/aromatic N) is 2. The third-order valence-electron chi connectivity index (χ3n) is 3.01. The quantitative estimate of drug-likeness (QED) is 0.416. The van der Waals surface area contributed by atoms with Gasteiger partial charge in [-0.05, 0) is 44.0 Å². The Hall–Kier alpha value is -1.29. The summed E-state index contributed by atoms with van der Waals surface area (Å²) in [7, 11) is 3.46. The van der Waals surface area contributed by atoms with E-state index in [0.717, 1.165) is 0 Å². The van der Waals surface area contributed by atoms with E-state index in [1.807, 2.05) is 0 Å². The van der Waals surface area contributed by atoms with Crippen LogP contribution >= 0.6 is 55.1 Å². The van der Waals surface area contributed by atoms with E-state index >= 15 is 0 Å². The predicted molar refractivity (Wildman–Crippen MR) is 116 cm³/mol. The summed E-state index contributed by atoms with van der Waals surface area (Å²) in [5.74, 6) is -0.0688. The minimum atomic E-state index is -0.0688. The molecule has 0 aliphatic heterocycles. The normalized spacial score (nSPS) is 9.81. The van der Waals surface area contributed by atoms with Crippen molar-refractivity contribution in [1.82, 2.24) is 9.97 Å². The molecule has 0 aromatic carbocycles. The van der Waals surface area contributed by atoms with Crippen molar-refractivity contribution < 1.29 is 4.79 Å². The minimum absolute atomic E-state index is 0.0688. The first-order valence-electron chi connectivity index (χ1n) is 7.36. The first-order chi connectivity index (χ1) is 12.2. The van der Waals surface area contributed by atoms with Gasteiger partial charge in [-0.15, -0.1) is 0 Å². The summed E-state index contributed by atoms with van der Waals surface area (Å²) in [6.45, 7) is 1.78. The number of nitrogens with one attached hydrogen (secondary N) is 3. The van der Waals surface area contributed by atoms with Crippen LogP contribution in [0.4, 0.5) is 22.7 Å².